The van der Waals surface area contributed by atoms with Crippen LogP contribution in [0.4, 0.5) is 0 Å². The lowest BCUT2D eigenvalue weighted by atomic mass is 9.83. The summed E-state index contributed by atoms with van der Waals surface area (Å²) in [6, 6.07) is 0. The summed E-state index contributed by atoms with van der Waals surface area (Å²) in [7, 11) is -4.91. The molecule has 14 nitrogen and oxygen atoms in total. The fraction of sp³-hybridized carbons (Fsp3) is 0.625. The summed E-state index contributed by atoms with van der Waals surface area (Å²) < 4.78 is 12.6. The highest BCUT2D eigenvalue weighted by Gasteiger charge is 2.48. The molecule has 0 bridgehead atoms. The molecule has 0 fully saturated rings. The molecule has 7 N–H and O–H groups in total. The lowest BCUT2D eigenvalue weighted by Crippen LogP contribution is -2.41. The normalized spacial score (nSPS) is 18.9. The maximum Gasteiger partial charge on any atom is 0.308 e. The number of rotatable bonds is 14. The Labute approximate surface area is 174 Å². The summed E-state index contributed by atoms with van der Waals surface area (Å²) in [5.74, 6) is -23.4. The minimum absolute atomic E-state index is 0.869. The predicted molar refractivity (Wildman–Crippen MR) is 97.7 cm³/mol. The third-order valence-electron chi connectivity index (χ3n) is 4.89. The van der Waals surface area contributed by atoms with Crippen molar-refractivity contribution < 1.29 is 68.9 Å². The molecule has 0 aliphatic carbocycles. The first-order valence-corrected chi connectivity index (χ1v) is 10.6. The molecule has 6 unspecified atom stereocenters. The minimum Gasteiger partial charge on any atom is -0.481 e. The zero-order valence-corrected chi connectivity index (χ0v) is 17.2. The van der Waals surface area contributed by atoms with Crippen LogP contribution in [0.25, 0.3) is 0 Å². The molecule has 0 saturated heterocycles. The smallest absolute Gasteiger partial charge is 0.308 e. The monoisotopic (exact) mass is 470 g/mol. The Morgan fingerprint density at radius 3 is 1.00 bits per heavy atom. The van der Waals surface area contributed by atoms with E-state index in [1.807, 2.05) is 0 Å². The first-order chi connectivity index (χ1) is 13.9. The van der Waals surface area contributed by atoms with Crippen molar-refractivity contribution >= 4 is 43.2 Å². The topological polar surface area (TPSA) is 261 Å². The van der Waals surface area contributed by atoms with Crippen molar-refractivity contribution in [3.8, 4) is 0 Å². The van der Waals surface area contributed by atoms with E-state index in [0.29, 0.717) is 0 Å². The van der Waals surface area contributed by atoms with E-state index >= 15 is 0 Å². The van der Waals surface area contributed by atoms with Crippen LogP contribution in [-0.4, -0.2) is 83.7 Å². The van der Waals surface area contributed by atoms with E-state index < -0.39 is 91.0 Å². The van der Waals surface area contributed by atoms with Gasteiger partial charge in [0, 0.05) is 12.3 Å². The third-order valence-corrected chi connectivity index (χ3v) is 6.82. The van der Waals surface area contributed by atoms with Gasteiger partial charge in [-0.15, -0.1) is 0 Å². The molecule has 0 rings (SSSR count). The van der Waals surface area contributed by atoms with Crippen molar-refractivity contribution in [2.75, 3.05) is 12.3 Å². The molecule has 0 amide bonds. The molecule has 0 aliphatic rings. The van der Waals surface area contributed by atoms with Gasteiger partial charge < -0.3 is 35.5 Å². The van der Waals surface area contributed by atoms with Crippen LogP contribution in [0.5, 0.6) is 0 Å². The molecule has 0 heterocycles. The molecule has 0 radical (unpaired) electrons. The molecule has 176 valence electrons. The van der Waals surface area contributed by atoms with Crippen molar-refractivity contribution in [1.82, 2.24) is 0 Å². The van der Waals surface area contributed by atoms with Crippen LogP contribution in [0.15, 0.2) is 0 Å². The van der Waals surface area contributed by atoms with Gasteiger partial charge in [0.25, 0.3) is 0 Å². The zero-order valence-electron chi connectivity index (χ0n) is 16.3. The van der Waals surface area contributed by atoms with Gasteiger partial charge in [-0.2, -0.15) is 0 Å². The van der Waals surface area contributed by atoms with Crippen molar-refractivity contribution in [2.24, 2.45) is 35.5 Å². The van der Waals surface area contributed by atoms with Gasteiger partial charge in [-0.25, -0.2) is 0 Å². The predicted octanol–water partition coefficient (Wildman–Crippen LogP) is -0.499. The fourth-order valence-electron chi connectivity index (χ4n) is 3.16. The average Bonchev–Trinajstić information content (AvgIpc) is 2.58. The summed E-state index contributed by atoms with van der Waals surface area (Å²) >= 11 is 0. The van der Waals surface area contributed by atoms with Crippen molar-refractivity contribution in [1.29, 1.82) is 0 Å². The van der Waals surface area contributed by atoms with Gasteiger partial charge in [-0.3, -0.25) is 33.3 Å². The largest absolute Gasteiger partial charge is 0.481 e. The Balaban J connectivity index is 6.11. The van der Waals surface area contributed by atoms with Gasteiger partial charge in [-0.05, 0) is 0 Å². The summed E-state index contributed by atoms with van der Waals surface area (Å²) in [6.07, 6.45) is -2.73. The van der Waals surface area contributed by atoms with Crippen LogP contribution in [0.1, 0.15) is 13.8 Å². The van der Waals surface area contributed by atoms with Crippen LogP contribution in [0, 0.1) is 35.5 Å². The van der Waals surface area contributed by atoms with Crippen LogP contribution >= 0.6 is 7.37 Å². The lowest BCUT2D eigenvalue weighted by Gasteiger charge is -2.28. The van der Waals surface area contributed by atoms with E-state index in [9.17, 15) is 58.7 Å². The lowest BCUT2D eigenvalue weighted by molar-refractivity contribution is -0.160. The summed E-state index contributed by atoms with van der Waals surface area (Å²) in [4.78, 5) is 78.4. The summed E-state index contributed by atoms with van der Waals surface area (Å²) in [5, 5.41) is 55.1. The standard InChI is InChI=1S/C16H23O14P/c1-5(11(17)18)9(15(25)26)7(13(21)22)3-31(29,30)4-8(14(23)24)10(16(27)28)6(2)12(19)20/h5-10H,3-4H2,1-2H3,(H,17,18)(H,19,20)(H,21,22)(H,23,24)(H,25,26)(H,27,28)(H,29,30). The number of carboxylic acids is 6. The molecule has 31 heavy (non-hydrogen) atoms. The van der Waals surface area contributed by atoms with Gasteiger partial charge >= 0.3 is 35.8 Å². The SMILES string of the molecule is CC(C(=O)O)C(C(=O)O)C(CP(=O)(O)CC(C(=O)O)C(C(=O)O)C(C)C(=O)O)C(=O)O. The minimum atomic E-state index is -4.91. The molecule has 0 aromatic heterocycles. The Bertz CT molecular complexity index is 742. The Morgan fingerprint density at radius 2 is 0.839 bits per heavy atom. The number of carboxylic acid groups (broad SMARTS) is 6. The summed E-state index contributed by atoms with van der Waals surface area (Å²) in [6.45, 7) is 1.74. The molecule has 15 heteroatoms. The molecular weight excluding hydrogens is 447 g/mol. The second-order valence-corrected chi connectivity index (χ2v) is 9.51. The van der Waals surface area contributed by atoms with E-state index in [0.717, 1.165) is 13.8 Å². The van der Waals surface area contributed by atoms with Crippen molar-refractivity contribution in [3.05, 3.63) is 0 Å². The molecular formula is C16H23O14P. The number of aliphatic carboxylic acids is 6. The first kappa shape index (κ1) is 28.0. The molecule has 0 aromatic carbocycles. The van der Waals surface area contributed by atoms with Gasteiger partial charge in [-0.1, -0.05) is 13.8 Å². The number of hydrogen-bond acceptors (Lipinski definition) is 7. The maximum atomic E-state index is 12.6. The highest BCUT2D eigenvalue weighted by molar-refractivity contribution is 7.58. The van der Waals surface area contributed by atoms with Gasteiger partial charge in [0.05, 0.1) is 35.5 Å². The quantitative estimate of drug-likeness (QED) is 0.158. The number of carbonyl (C=O) groups is 6. The second-order valence-electron chi connectivity index (χ2n) is 7.08. The highest BCUT2D eigenvalue weighted by atomic mass is 31.2. The van der Waals surface area contributed by atoms with Crippen molar-refractivity contribution in [2.45, 2.75) is 13.8 Å². The highest BCUT2D eigenvalue weighted by Crippen LogP contribution is 2.48. The van der Waals surface area contributed by atoms with E-state index in [1.54, 1.807) is 0 Å². The van der Waals surface area contributed by atoms with Crippen LogP contribution < -0.4 is 0 Å². The molecule has 6 atom stereocenters. The second kappa shape index (κ2) is 10.9. The van der Waals surface area contributed by atoms with Crippen LogP contribution in [-0.2, 0) is 33.3 Å². The molecule has 0 saturated carbocycles. The van der Waals surface area contributed by atoms with E-state index in [-0.39, 0.29) is 0 Å². The van der Waals surface area contributed by atoms with Gasteiger partial charge in [0.15, 0.2) is 0 Å². The average molecular weight is 470 g/mol. The van der Waals surface area contributed by atoms with E-state index in [4.69, 9.17) is 10.2 Å². The van der Waals surface area contributed by atoms with Crippen LogP contribution in [0.3, 0.4) is 0 Å². The molecule has 0 aromatic rings. The maximum absolute atomic E-state index is 12.6. The Morgan fingerprint density at radius 1 is 0.581 bits per heavy atom. The van der Waals surface area contributed by atoms with E-state index in [2.05, 4.69) is 0 Å². The van der Waals surface area contributed by atoms with E-state index in [1.165, 1.54) is 0 Å². The Hall–Kier alpha value is -2.99. The van der Waals surface area contributed by atoms with Crippen LogP contribution in [0.2, 0.25) is 0 Å². The fourth-order valence-corrected chi connectivity index (χ4v) is 5.30. The van der Waals surface area contributed by atoms with Gasteiger partial charge in [0.2, 0.25) is 7.37 Å². The number of hydrogen-bond donors (Lipinski definition) is 7. The molecule has 0 spiro atoms. The summed E-state index contributed by atoms with van der Waals surface area (Å²) in [5.41, 5.74) is 0. The first-order valence-electron chi connectivity index (χ1n) is 8.62. The zero-order chi connectivity index (χ0) is 24.8. The Kier molecular flexibility index (Phi) is 9.82. The van der Waals surface area contributed by atoms with Gasteiger partial charge in [0.1, 0.15) is 0 Å². The van der Waals surface area contributed by atoms with Crippen molar-refractivity contribution in [3.63, 3.8) is 0 Å². The third kappa shape index (κ3) is 7.64. The molecule has 0 aliphatic heterocycles.